The zero-order valence-electron chi connectivity index (χ0n) is 13.5. The third kappa shape index (κ3) is 3.75. The van der Waals surface area contributed by atoms with E-state index in [1.165, 1.54) is 0 Å². The van der Waals surface area contributed by atoms with Crippen molar-refractivity contribution in [1.82, 2.24) is 25.1 Å². The van der Waals surface area contributed by atoms with Gasteiger partial charge >= 0.3 is 6.03 Å². The van der Waals surface area contributed by atoms with Gasteiger partial charge in [-0.2, -0.15) is 5.10 Å². The summed E-state index contributed by atoms with van der Waals surface area (Å²) < 4.78 is 1.65. The second-order valence-corrected chi connectivity index (χ2v) is 5.43. The SMILES string of the molecule is C[C@@H](NC(=O)Nc1ccc(-c2ncn(C)n2)cc1)c1cccnc1. The van der Waals surface area contributed by atoms with E-state index in [4.69, 9.17) is 0 Å². The van der Waals surface area contributed by atoms with Gasteiger partial charge in [-0.25, -0.2) is 9.78 Å². The molecule has 2 amide bonds. The van der Waals surface area contributed by atoms with Gasteiger partial charge in [0, 0.05) is 30.7 Å². The van der Waals surface area contributed by atoms with E-state index in [-0.39, 0.29) is 12.1 Å². The summed E-state index contributed by atoms with van der Waals surface area (Å²) in [6.07, 6.45) is 5.09. The molecule has 0 radical (unpaired) electrons. The van der Waals surface area contributed by atoms with Crippen LogP contribution >= 0.6 is 0 Å². The van der Waals surface area contributed by atoms with Crippen LogP contribution in [0.2, 0.25) is 0 Å². The molecule has 7 heteroatoms. The number of carbonyl (C=O) groups excluding carboxylic acids is 1. The minimum atomic E-state index is -0.268. The molecule has 2 aromatic heterocycles. The fourth-order valence-electron chi connectivity index (χ4n) is 2.25. The number of pyridine rings is 1. The van der Waals surface area contributed by atoms with Crippen molar-refractivity contribution >= 4 is 11.7 Å². The van der Waals surface area contributed by atoms with Crippen LogP contribution in [0.15, 0.2) is 55.1 Å². The van der Waals surface area contributed by atoms with Crippen molar-refractivity contribution in [1.29, 1.82) is 0 Å². The first-order valence-corrected chi connectivity index (χ1v) is 7.55. The predicted octanol–water partition coefficient (Wildman–Crippen LogP) is 2.76. The summed E-state index contributed by atoms with van der Waals surface area (Å²) in [5.41, 5.74) is 2.54. The summed E-state index contributed by atoms with van der Waals surface area (Å²) in [6.45, 7) is 1.91. The van der Waals surface area contributed by atoms with Gasteiger partial charge in [-0.15, -0.1) is 0 Å². The first kappa shape index (κ1) is 15.7. The second-order valence-electron chi connectivity index (χ2n) is 5.43. The van der Waals surface area contributed by atoms with E-state index < -0.39 is 0 Å². The molecule has 0 aliphatic carbocycles. The molecule has 122 valence electrons. The summed E-state index contributed by atoms with van der Waals surface area (Å²) in [4.78, 5) is 20.3. The zero-order valence-corrected chi connectivity index (χ0v) is 13.5. The Bertz CT molecular complexity index is 813. The average Bonchev–Trinajstić information content (AvgIpc) is 3.02. The molecule has 0 saturated heterocycles. The van der Waals surface area contributed by atoms with Gasteiger partial charge in [0.05, 0.1) is 6.04 Å². The number of amides is 2. The second kappa shape index (κ2) is 6.91. The quantitative estimate of drug-likeness (QED) is 0.773. The highest BCUT2D eigenvalue weighted by Crippen LogP contribution is 2.18. The molecule has 24 heavy (non-hydrogen) atoms. The molecule has 1 atom stereocenters. The molecular weight excluding hydrogens is 304 g/mol. The Kier molecular flexibility index (Phi) is 4.51. The number of anilines is 1. The van der Waals surface area contributed by atoms with Crippen LogP contribution in [0, 0.1) is 0 Å². The molecule has 2 N–H and O–H groups in total. The fourth-order valence-corrected chi connectivity index (χ4v) is 2.25. The fraction of sp³-hybridized carbons (Fsp3) is 0.176. The molecule has 0 aliphatic rings. The lowest BCUT2D eigenvalue weighted by atomic mass is 10.1. The summed E-state index contributed by atoms with van der Waals surface area (Å²) in [7, 11) is 1.82. The van der Waals surface area contributed by atoms with Crippen molar-refractivity contribution in [3.05, 3.63) is 60.7 Å². The van der Waals surface area contributed by atoms with Crippen LogP contribution in [-0.2, 0) is 7.05 Å². The Morgan fingerprint density at radius 2 is 2.00 bits per heavy atom. The number of carbonyl (C=O) groups is 1. The van der Waals surface area contributed by atoms with Gasteiger partial charge in [0.2, 0.25) is 0 Å². The number of nitrogens with one attached hydrogen (secondary N) is 2. The highest BCUT2D eigenvalue weighted by Gasteiger charge is 2.10. The van der Waals surface area contributed by atoms with Gasteiger partial charge < -0.3 is 10.6 Å². The van der Waals surface area contributed by atoms with Gasteiger partial charge in [-0.3, -0.25) is 9.67 Å². The molecule has 1 aromatic carbocycles. The summed E-state index contributed by atoms with van der Waals surface area (Å²) >= 11 is 0. The lowest BCUT2D eigenvalue weighted by Gasteiger charge is -2.14. The number of urea groups is 1. The topological polar surface area (TPSA) is 84.7 Å². The van der Waals surface area contributed by atoms with E-state index in [1.807, 2.05) is 50.4 Å². The van der Waals surface area contributed by atoms with Gasteiger partial charge in [0.25, 0.3) is 0 Å². The van der Waals surface area contributed by atoms with Gasteiger partial charge in [-0.05, 0) is 42.8 Å². The molecule has 3 rings (SSSR count). The van der Waals surface area contributed by atoms with Crippen LogP contribution in [0.5, 0.6) is 0 Å². The minimum absolute atomic E-state index is 0.129. The number of hydrogen-bond acceptors (Lipinski definition) is 4. The van der Waals surface area contributed by atoms with Crippen molar-refractivity contribution < 1.29 is 4.79 Å². The molecular formula is C17H18N6O. The monoisotopic (exact) mass is 322 g/mol. The van der Waals surface area contributed by atoms with Crippen LogP contribution in [-0.4, -0.2) is 25.8 Å². The van der Waals surface area contributed by atoms with Gasteiger partial charge in [0.15, 0.2) is 5.82 Å². The standard InChI is InChI=1S/C17H18N6O/c1-12(14-4-3-9-18-10-14)20-17(24)21-15-7-5-13(6-8-15)16-19-11-23(2)22-16/h3-12H,1-2H3,(H2,20,21,24)/t12-/m1/s1. The number of nitrogens with zero attached hydrogens (tertiary/aromatic N) is 4. The average molecular weight is 322 g/mol. The Hall–Kier alpha value is -3.22. The van der Waals surface area contributed by atoms with Crippen molar-refractivity contribution in [2.45, 2.75) is 13.0 Å². The van der Waals surface area contributed by atoms with Crippen molar-refractivity contribution in [3.63, 3.8) is 0 Å². The van der Waals surface area contributed by atoms with E-state index in [2.05, 4.69) is 25.7 Å². The van der Waals surface area contributed by atoms with Gasteiger partial charge in [0.1, 0.15) is 6.33 Å². The van der Waals surface area contributed by atoms with Crippen LogP contribution in [0.3, 0.4) is 0 Å². The molecule has 0 unspecified atom stereocenters. The number of benzene rings is 1. The van der Waals surface area contributed by atoms with Crippen molar-refractivity contribution in [2.24, 2.45) is 7.05 Å². The number of hydrogen-bond donors (Lipinski definition) is 2. The van der Waals surface area contributed by atoms with Crippen molar-refractivity contribution in [3.8, 4) is 11.4 Å². The Morgan fingerprint density at radius 1 is 1.21 bits per heavy atom. The molecule has 3 aromatic rings. The number of aryl methyl sites for hydroxylation is 1. The van der Waals surface area contributed by atoms with Crippen LogP contribution in [0.1, 0.15) is 18.5 Å². The molecule has 0 fully saturated rings. The normalized spacial score (nSPS) is 11.8. The molecule has 0 bridgehead atoms. The summed E-state index contributed by atoms with van der Waals surface area (Å²) in [5.74, 6) is 0.652. The molecule has 0 aliphatic heterocycles. The third-order valence-corrected chi connectivity index (χ3v) is 3.53. The smallest absolute Gasteiger partial charge is 0.319 e. The van der Waals surface area contributed by atoms with E-state index >= 15 is 0 Å². The number of aromatic nitrogens is 4. The minimum Gasteiger partial charge on any atom is -0.331 e. The maximum atomic E-state index is 12.1. The predicted molar refractivity (Wildman–Crippen MR) is 91.2 cm³/mol. The lowest BCUT2D eigenvalue weighted by molar-refractivity contribution is 0.249. The van der Waals surface area contributed by atoms with Crippen molar-refractivity contribution in [2.75, 3.05) is 5.32 Å². The highest BCUT2D eigenvalue weighted by atomic mass is 16.2. The van der Waals surface area contributed by atoms with Gasteiger partial charge in [-0.1, -0.05) is 6.07 Å². The van der Waals surface area contributed by atoms with E-state index in [0.717, 1.165) is 11.1 Å². The molecule has 0 spiro atoms. The number of rotatable bonds is 4. The molecule has 7 nitrogen and oxygen atoms in total. The van der Waals surface area contributed by atoms with E-state index in [9.17, 15) is 4.79 Å². The lowest BCUT2D eigenvalue weighted by Crippen LogP contribution is -2.31. The van der Waals surface area contributed by atoms with Crippen LogP contribution in [0.25, 0.3) is 11.4 Å². The maximum absolute atomic E-state index is 12.1. The van der Waals surface area contributed by atoms with Crippen LogP contribution < -0.4 is 10.6 Å². The Morgan fingerprint density at radius 3 is 2.62 bits per heavy atom. The summed E-state index contributed by atoms with van der Waals surface area (Å²) in [5, 5.41) is 9.93. The summed E-state index contributed by atoms with van der Waals surface area (Å²) in [6, 6.07) is 10.7. The van der Waals surface area contributed by atoms with E-state index in [0.29, 0.717) is 11.5 Å². The van der Waals surface area contributed by atoms with Crippen LogP contribution in [0.4, 0.5) is 10.5 Å². The first-order chi connectivity index (χ1) is 11.6. The largest absolute Gasteiger partial charge is 0.331 e. The molecule has 0 saturated carbocycles. The Labute approximate surface area is 139 Å². The van der Waals surface area contributed by atoms with E-state index in [1.54, 1.807) is 23.4 Å². The first-order valence-electron chi connectivity index (χ1n) is 7.55. The molecule has 2 heterocycles. The highest BCUT2D eigenvalue weighted by molar-refractivity contribution is 5.89. The Balaban J connectivity index is 1.60. The zero-order chi connectivity index (χ0) is 16.9. The third-order valence-electron chi connectivity index (χ3n) is 3.53. The maximum Gasteiger partial charge on any atom is 0.319 e.